The molecule has 0 saturated carbocycles. The Labute approximate surface area is 98.0 Å². The van der Waals surface area contributed by atoms with E-state index in [1.165, 1.54) is 13.0 Å². The Morgan fingerprint density at radius 3 is 2.62 bits per heavy atom. The molecule has 0 bridgehead atoms. The van der Waals surface area contributed by atoms with Crippen molar-refractivity contribution in [3.63, 3.8) is 0 Å². The van der Waals surface area contributed by atoms with E-state index in [9.17, 15) is 9.59 Å². The van der Waals surface area contributed by atoms with Crippen LogP contribution in [0.25, 0.3) is 0 Å². The van der Waals surface area contributed by atoms with Crippen molar-refractivity contribution < 1.29 is 9.59 Å². The highest BCUT2D eigenvalue weighted by Gasteiger charge is 2.14. The minimum Gasteiger partial charge on any atom is -0.368 e. The van der Waals surface area contributed by atoms with Crippen LogP contribution in [0.5, 0.6) is 0 Å². The van der Waals surface area contributed by atoms with Gasteiger partial charge in [0.25, 0.3) is 5.91 Å². The SMILES string of the molecule is Cc1cc(C(=O)NC(C)C(N)=O)cc(Cl)n1. The zero-order valence-corrected chi connectivity index (χ0v) is 9.71. The quantitative estimate of drug-likeness (QED) is 0.762. The number of carbonyl (C=O) groups excluding carboxylic acids is 2. The Hall–Kier alpha value is -1.62. The van der Waals surface area contributed by atoms with Crippen molar-refractivity contribution >= 4 is 23.4 Å². The minimum absolute atomic E-state index is 0.233. The van der Waals surface area contributed by atoms with E-state index < -0.39 is 17.9 Å². The van der Waals surface area contributed by atoms with Crippen LogP contribution in [0, 0.1) is 6.92 Å². The Morgan fingerprint density at radius 2 is 2.12 bits per heavy atom. The number of pyridine rings is 1. The van der Waals surface area contributed by atoms with Crippen molar-refractivity contribution in [3.8, 4) is 0 Å². The van der Waals surface area contributed by atoms with Crippen LogP contribution >= 0.6 is 11.6 Å². The van der Waals surface area contributed by atoms with Crippen molar-refractivity contribution in [1.82, 2.24) is 10.3 Å². The monoisotopic (exact) mass is 241 g/mol. The summed E-state index contributed by atoms with van der Waals surface area (Å²) in [6.07, 6.45) is 0. The molecule has 0 aliphatic carbocycles. The molecule has 0 aliphatic heterocycles. The number of aryl methyl sites for hydroxylation is 1. The maximum atomic E-state index is 11.7. The number of amides is 2. The zero-order chi connectivity index (χ0) is 12.3. The smallest absolute Gasteiger partial charge is 0.252 e. The first-order valence-electron chi connectivity index (χ1n) is 4.64. The molecule has 0 saturated heterocycles. The van der Waals surface area contributed by atoms with Gasteiger partial charge in [-0.2, -0.15) is 0 Å². The summed E-state index contributed by atoms with van der Waals surface area (Å²) in [4.78, 5) is 26.4. The summed E-state index contributed by atoms with van der Waals surface area (Å²) in [5, 5.41) is 2.68. The first-order valence-corrected chi connectivity index (χ1v) is 5.02. The molecular formula is C10H12ClN3O2. The standard InChI is InChI=1S/C10H12ClN3O2/c1-5-3-7(4-8(11)13-5)10(16)14-6(2)9(12)15/h3-4,6H,1-2H3,(H2,12,15)(H,14,16). The van der Waals surface area contributed by atoms with Gasteiger partial charge in [-0.25, -0.2) is 4.98 Å². The number of nitrogens with zero attached hydrogens (tertiary/aromatic N) is 1. The van der Waals surface area contributed by atoms with Gasteiger partial charge in [-0.15, -0.1) is 0 Å². The zero-order valence-electron chi connectivity index (χ0n) is 8.95. The fourth-order valence-electron chi connectivity index (χ4n) is 1.11. The summed E-state index contributed by atoms with van der Waals surface area (Å²) in [6, 6.07) is 2.28. The molecule has 86 valence electrons. The van der Waals surface area contributed by atoms with Crippen LogP contribution in [0.4, 0.5) is 0 Å². The van der Waals surface area contributed by atoms with Crippen LogP contribution in [0.15, 0.2) is 12.1 Å². The van der Waals surface area contributed by atoms with E-state index in [1.807, 2.05) is 0 Å². The van der Waals surface area contributed by atoms with Crippen molar-refractivity contribution in [3.05, 3.63) is 28.5 Å². The maximum absolute atomic E-state index is 11.7. The molecule has 6 heteroatoms. The summed E-state index contributed by atoms with van der Waals surface area (Å²) >= 11 is 5.71. The molecule has 0 aromatic carbocycles. The van der Waals surface area contributed by atoms with E-state index in [4.69, 9.17) is 17.3 Å². The topological polar surface area (TPSA) is 85.1 Å². The van der Waals surface area contributed by atoms with Gasteiger partial charge in [0.15, 0.2) is 0 Å². The largest absolute Gasteiger partial charge is 0.368 e. The predicted octanol–water partition coefficient (Wildman–Crippen LogP) is 0.647. The third-order valence-corrected chi connectivity index (χ3v) is 2.15. The number of halogens is 1. The Balaban J connectivity index is 2.84. The number of nitrogens with two attached hydrogens (primary N) is 1. The first-order chi connectivity index (χ1) is 7.40. The lowest BCUT2D eigenvalue weighted by molar-refractivity contribution is -0.119. The van der Waals surface area contributed by atoms with Gasteiger partial charge in [0.05, 0.1) is 0 Å². The summed E-state index contributed by atoms with van der Waals surface area (Å²) in [5.74, 6) is -0.996. The van der Waals surface area contributed by atoms with E-state index in [0.29, 0.717) is 11.3 Å². The Bertz CT molecular complexity index is 414. The molecule has 1 aromatic rings. The third-order valence-electron chi connectivity index (χ3n) is 1.96. The van der Waals surface area contributed by atoms with Crippen LogP contribution in [0.1, 0.15) is 23.0 Å². The predicted molar refractivity (Wildman–Crippen MR) is 60.1 cm³/mol. The first kappa shape index (κ1) is 12.4. The second-order valence-corrected chi connectivity index (χ2v) is 3.80. The van der Waals surface area contributed by atoms with Crippen LogP contribution in [0.3, 0.4) is 0 Å². The molecule has 1 rings (SSSR count). The molecule has 1 unspecified atom stereocenters. The molecule has 1 atom stereocenters. The fourth-order valence-corrected chi connectivity index (χ4v) is 1.36. The van der Waals surface area contributed by atoms with Crippen molar-refractivity contribution in [1.29, 1.82) is 0 Å². The highest BCUT2D eigenvalue weighted by molar-refractivity contribution is 6.29. The molecule has 0 fully saturated rings. The normalized spacial score (nSPS) is 11.9. The number of hydrogen-bond donors (Lipinski definition) is 2. The lowest BCUT2D eigenvalue weighted by Crippen LogP contribution is -2.42. The summed E-state index contributed by atoms with van der Waals surface area (Å²) in [6.45, 7) is 3.23. The molecular weight excluding hydrogens is 230 g/mol. The summed E-state index contributed by atoms with van der Waals surface area (Å²) in [7, 11) is 0. The number of nitrogens with one attached hydrogen (secondary N) is 1. The minimum atomic E-state index is -0.722. The molecule has 5 nitrogen and oxygen atoms in total. The lowest BCUT2D eigenvalue weighted by atomic mass is 10.2. The summed E-state index contributed by atoms with van der Waals surface area (Å²) < 4.78 is 0. The van der Waals surface area contributed by atoms with E-state index >= 15 is 0 Å². The number of hydrogen-bond acceptors (Lipinski definition) is 3. The average molecular weight is 242 g/mol. The van der Waals surface area contributed by atoms with Crippen LogP contribution in [-0.2, 0) is 4.79 Å². The highest BCUT2D eigenvalue weighted by atomic mass is 35.5. The molecule has 0 spiro atoms. The van der Waals surface area contributed by atoms with E-state index in [1.54, 1.807) is 13.0 Å². The van der Waals surface area contributed by atoms with Crippen molar-refractivity contribution in [2.24, 2.45) is 5.73 Å². The lowest BCUT2D eigenvalue weighted by Gasteiger charge is -2.10. The van der Waals surface area contributed by atoms with Gasteiger partial charge in [0, 0.05) is 11.3 Å². The molecule has 3 N–H and O–H groups in total. The van der Waals surface area contributed by atoms with Gasteiger partial charge in [-0.3, -0.25) is 9.59 Å². The molecule has 0 aliphatic rings. The van der Waals surface area contributed by atoms with E-state index in [-0.39, 0.29) is 5.15 Å². The molecule has 1 aromatic heterocycles. The van der Waals surface area contributed by atoms with E-state index in [0.717, 1.165) is 0 Å². The Kier molecular flexibility index (Phi) is 3.84. The van der Waals surface area contributed by atoms with E-state index in [2.05, 4.69) is 10.3 Å². The van der Waals surface area contributed by atoms with Crippen molar-refractivity contribution in [2.45, 2.75) is 19.9 Å². The Morgan fingerprint density at radius 1 is 1.50 bits per heavy atom. The maximum Gasteiger partial charge on any atom is 0.252 e. The molecule has 1 heterocycles. The fraction of sp³-hybridized carbons (Fsp3) is 0.300. The number of primary amides is 1. The van der Waals surface area contributed by atoms with Crippen LogP contribution in [-0.4, -0.2) is 22.8 Å². The van der Waals surface area contributed by atoms with Gasteiger partial charge < -0.3 is 11.1 Å². The molecule has 16 heavy (non-hydrogen) atoms. The van der Waals surface area contributed by atoms with Crippen LogP contribution < -0.4 is 11.1 Å². The highest BCUT2D eigenvalue weighted by Crippen LogP contribution is 2.10. The van der Waals surface area contributed by atoms with Crippen LogP contribution in [0.2, 0.25) is 5.15 Å². The summed E-state index contributed by atoms with van der Waals surface area (Å²) in [5.41, 5.74) is 6.01. The number of rotatable bonds is 3. The van der Waals surface area contributed by atoms with Gasteiger partial charge in [-0.1, -0.05) is 11.6 Å². The van der Waals surface area contributed by atoms with Gasteiger partial charge in [0.2, 0.25) is 5.91 Å². The second-order valence-electron chi connectivity index (χ2n) is 3.42. The van der Waals surface area contributed by atoms with Gasteiger partial charge in [-0.05, 0) is 26.0 Å². The van der Waals surface area contributed by atoms with Crippen molar-refractivity contribution in [2.75, 3.05) is 0 Å². The van der Waals surface area contributed by atoms with Gasteiger partial charge in [0.1, 0.15) is 11.2 Å². The van der Waals surface area contributed by atoms with Gasteiger partial charge >= 0.3 is 0 Å². The molecule has 0 radical (unpaired) electrons. The number of carbonyl (C=O) groups is 2. The second kappa shape index (κ2) is 4.94. The third kappa shape index (κ3) is 3.20. The average Bonchev–Trinajstić information content (AvgIpc) is 2.15. The number of aromatic nitrogens is 1. The molecule has 2 amide bonds.